The van der Waals surface area contributed by atoms with Crippen LogP contribution in [0.4, 0.5) is 0 Å². The second-order valence-electron chi connectivity index (χ2n) is 8.36. The fraction of sp³-hybridized carbons (Fsp3) is 0.231. The zero-order chi connectivity index (χ0) is 24.2. The maximum Gasteiger partial charge on any atom is 0.338 e. The SMILES string of the molecule is O=C(OCc1cn([C@@H]2CN(C(=O)c3cccs3)[C@@H](c3ccccc3)C[C@H]2O)nn1)c1ccccc1. The molecule has 1 amide bonds. The number of aliphatic hydroxyl groups is 1. The summed E-state index contributed by atoms with van der Waals surface area (Å²) in [5.41, 5.74) is 1.89. The lowest BCUT2D eigenvalue weighted by Crippen LogP contribution is -2.48. The number of esters is 1. The van der Waals surface area contributed by atoms with Crippen LogP contribution >= 0.6 is 11.3 Å². The van der Waals surface area contributed by atoms with Crippen molar-refractivity contribution in [2.75, 3.05) is 6.54 Å². The van der Waals surface area contributed by atoms with Gasteiger partial charge in [-0.25, -0.2) is 9.48 Å². The predicted molar refractivity (Wildman–Crippen MR) is 130 cm³/mol. The Morgan fingerprint density at radius 2 is 1.77 bits per heavy atom. The third kappa shape index (κ3) is 5.01. The Bertz CT molecular complexity index is 1280. The van der Waals surface area contributed by atoms with Crippen LogP contribution in [0.15, 0.2) is 84.4 Å². The molecule has 1 aliphatic rings. The number of ether oxygens (including phenoxy) is 1. The summed E-state index contributed by atoms with van der Waals surface area (Å²) >= 11 is 1.39. The molecule has 2 aromatic heterocycles. The van der Waals surface area contributed by atoms with Crippen molar-refractivity contribution >= 4 is 23.2 Å². The van der Waals surface area contributed by atoms with E-state index in [-0.39, 0.29) is 25.1 Å². The number of amides is 1. The zero-order valence-electron chi connectivity index (χ0n) is 18.8. The molecule has 1 fully saturated rings. The quantitative estimate of drug-likeness (QED) is 0.414. The van der Waals surface area contributed by atoms with E-state index in [4.69, 9.17) is 4.74 Å². The number of carbonyl (C=O) groups is 2. The van der Waals surface area contributed by atoms with E-state index in [0.29, 0.717) is 22.6 Å². The van der Waals surface area contributed by atoms with Gasteiger partial charge in [0.05, 0.1) is 34.8 Å². The third-order valence-corrected chi connectivity index (χ3v) is 6.96. The van der Waals surface area contributed by atoms with E-state index in [1.54, 1.807) is 40.0 Å². The number of carbonyl (C=O) groups excluding carboxylic acids is 2. The number of aliphatic hydroxyl groups excluding tert-OH is 1. The van der Waals surface area contributed by atoms with Crippen molar-refractivity contribution in [3.8, 4) is 0 Å². The van der Waals surface area contributed by atoms with E-state index in [1.165, 1.54) is 11.3 Å². The number of rotatable bonds is 6. The minimum atomic E-state index is -0.742. The summed E-state index contributed by atoms with van der Waals surface area (Å²) in [7, 11) is 0. The van der Waals surface area contributed by atoms with Crippen LogP contribution in [-0.4, -0.2) is 49.5 Å². The number of hydrogen-bond donors (Lipinski definition) is 1. The molecule has 1 N–H and O–H groups in total. The molecular weight excluding hydrogens is 464 g/mol. The Kier molecular flexibility index (Phi) is 6.69. The van der Waals surface area contributed by atoms with Crippen molar-refractivity contribution in [1.82, 2.24) is 19.9 Å². The first-order valence-electron chi connectivity index (χ1n) is 11.3. The summed E-state index contributed by atoms with van der Waals surface area (Å²) in [6.45, 7) is 0.227. The van der Waals surface area contributed by atoms with Crippen LogP contribution in [0.25, 0.3) is 0 Å². The van der Waals surface area contributed by atoms with Gasteiger partial charge in [0.25, 0.3) is 5.91 Å². The van der Waals surface area contributed by atoms with Crippen LogP contribution in [0.1, 0.15) is 49.8 Å². The van der Waals surface area contributed by atoms with E-state index in [1.807, 2.05) is 53.9 Å². The number of nitrogens with zero attached hydrogens (tertiary/aromatic N) is 4. The molecule has 0 saturated carbocycles. The van der Waals surface area contributed by atoms with Gasteiger partial charge >= 0.3 is 5.97 Å². The largest absolute Gasteiger partial charge is 0.455 e. The van der Waals surface area contributed by atoms with Crippen molar-refractivity contribution in [2.45, 2.75) is 31.2 Å². The smallest absolute Gasteiger partial charge is 0.338 e. The molecule has 0 radical (unpaired) electrons. The molecule has 0 bridgehead atoms. The number of benzene rings is 2. The van der Waals surface area contributed by atoms with Crippen molar-refractivity contribution in [1.29, 1.82) is 0 Å². The Balaban J connectivity index is 1.33. The highest BCUT2D eigenvalue weighted by molar-refractivity contribution is 7.12. The first-order chi connectivity index (χ1) is 17.1. The number of thiophene rings is 1. The second-order valence-corrected chi connectivity index (χ2v) is 9.31. The van der Waals surface area contributed by atoms with Gasteiger partial charge in [-0.3, -0.25) is 4.79 Å². The molecule has 3 atom stereocenters. The molecule has 0 aliphatic carbocycles. The molecular formula is C26H24N4O4S. The normalized spacial score (nSPS) is 19.9. The van der Waals surface area contributed by atoms with Crippen molar-refractivity contribution in [3.63, 3.8) is 0 Å². The van der Waals surface area contributed by atoms with Gasteiger partial charge in [0.15, 0.2) is 0 Å². The lowest BCUT2D eigenvalue weighted by atomic mass is 9.90. The van der Waals surface area contributed by atoms with Crippen molar-refractivity contribution < 1.29 is 19.4 Å². The molecule has 1 saturated heterocycles. The minimum absolute atomic E-state index is 0.0407. The average Bonchev–Trinajstić information content (AvgIpc) is 3.61. The van der Waals surface area contributed by atoms with Crippen LogP contribution in [0.5, 0.6) is 0 Å². The van der Waals surface area contributed by atoms with E-state index < -0.39 is 18.1 Å². The fourth-order valence-electron chi connectivity index (χ4n) is 4.32. The summed E-state index contributed by atoms with van der Waals surface area (Å²) in [5, 5.41) is 21.2. The second kappa shape index (κ2) is 10.2. The molecule has 35 heavy (non-hydrogen) atoms. The maximum absolute atomic E-state index is 13.4. The number of likely N-dealkylation sites (tertiary alicyclic amines) is 1. The van der Waals surface area contributed by atoms with Gasteiger partial charge in [0.1, 0.15) is 12.3 Å². The van der Waals surface area contributed by atoms with E-state index >= 15 is 0 Å². The van der Waals surface area contributed by atoms with Gasteiger partial charge < -0.3 is 14.7 Å². The molecule has 4 aromatic rings. The van der Waals surface area contributed by atoms with Gasteiger partial charge in [0.2, 0.25) is 0 Å². The van der Waals surface area contributed by atoms with Crippen LogP contribution < -0.4 is 0 Å². The van der Waals surface area contributed by atoms with Crippen LogP contribution in [0, 0.1) is 0 Å². The van der Waals surface area contributed by atoms with Gasteiger partial charge in [-0.05, 0) is 29.1 Å². The summed E-state index contributed by atoms with van der Waals surface area (Å²) in [6.07, 6.45) is 1.28. The Labute approximate surface area is 206 Å². The minimum Gasteiger partial charge on any atom is -0.455 e. The summed E-state index contributed by atoms with van der Waals surface area (Å²) in [5.74, 6) is -0.529. The van der Waals surface area contributed by atoms with Gasteiger partial charge in [0, 0.05) is 13.0 Å². The van der Waals surface area contributed by atoms with Crippen LogP contribution in [0.2, 0.25) is 0 Å². The molecule has 0 unspecified atom stereocenters. The Hall–Kier alpha value is -3.82. The van der Waals surface area contributed by atoms with Gasteiger partial charge in [-0.2, -0.15) is 0 Å². The Morgan fingerprint density at radius 3 is 2.49 bits per heavy atom. The monoisotopic (exact) mass is 488 g/mol. The zero-order valence-corrected chi connectivity index (χ0v) is 19.6. The third-order valence-electron chi connectivity index (χ3n) is 6.10. The topological polar surface area (TPSA) is 97.5 Å². The first kappa shape index (κ1) is 22.9. The summed E-state index contributed by atoms with van der Waals surface area (Å²) < 4.78 is 6.91. The maximum atomic E-state index is 13.4. The number of hydrogen-bond acceptors (Lipinski definition) is 7. The average molecular weight is 489 g/mol. The molecule has 178 valence electrons. The van der Waals surface area contributed by atoms with E-state index in [2.05, 4.69) is 10.3 Å². The van der Waals surface area contributed by atoms with Gasteiger partial charge in [-0.1, -0.05) is 59.8 Å². The molecule has 9 heteroatoms. The molecule has 0 spiro atoms. The molecule has 2 aromatic carbocycles. The first-order valence-corrected chi connectivity index (χ1v) is 12.2. The molecule has 8 nitrogen and oxygen atoms in total. The van der Waals surface area contributed by atoms with E-state index in [0.717, 1.165) is 5.56 Å². The lowest BCUT2D eigenvalue weighted by Gasteiger charge is -2.42. The highest BCUT2D eigenvalue weighted by atomic mass is 32.1. The molecule has 3 heterocycles. The van der Waals surface area contributed by atoms with E-state index in [9.17, 15) is 14.7 Å². The van der Waals surface area contributed by atoms with Gasteiger partial charge in [-0.15, -0.1) is 16.4 Å². The Morgan fingerprint density at radius 1 is 1.03 bits per heavy atom. The number of aromatic nitrogens is 3. The predicted octanol–water partition coefficient (Wildman–Crippen LogP) is 3.89. The van der Waals surface area contributed by atoms with Crippen LogP contribution in [-0.2, 0) is 11.3 Å². The highest BCUT2D eigenvalue weighted by Gasteiger charge is 2.39. The van der Waals surface area contributed by atoms with Crippen molar-refractivity contribution in [2.24, 2.45) is 0 Å². The summed E-state index contributed by atoms with van der Waals surface area (Å²) in [4.78, 5) is 28.1. The highest BCUT2D eigenvalue weighted by Crippen LogP contribution is 2.37. The standard InChI is InChI=1S/C26H24N4O4S/c31-23-14-21(18-8-3-1-4-9-18)29(25(32)24-12-7-13-35-24)16-22(23)30-15-20(27-28-30)17-34-26(33)19-10-5-2-6-11-19/h1-13,15,21-23,31H,14,16-17H2/t21-,22-,23-/m1/s1. The van der Waals surface area contributed by atoms with Crippen molar-refractivity contribution in [3.05, 3.63) is 106 Å². The fourth-order valence-corrected chi connectivity index (χ4v) is 5.00. The lowest BCUT2D eigenvalue weighted by molar-refractivity contribution is -0.00170. The molecule has 5 rings (SSSR count). The van der Waals surface area contributed by atoms with Crippen LogP contribution in [0.3, 0.4) is 0 Å². The number of piperidine rings is 1. The molecule has 1 aliphatic heterocycles. The summed E-state index contributed by atoms with van der Waals surface area (Å²) in [6, 6.07) is 21.4.